The molecule has 0 spiro atoms. The fourth-order valence-corrected chi connectivity index (χ4v) is 2.44. The molecule has 102 valence electrons. The normalized spacial score (nSPS) is 13.3. The van der Waals surface area contributed by atoms with Crippen molar-refractivity contribution >= 4 is 11.3 Å². The maximum absolute atomic E-state index is 12.0. The highest BCUT2D eigenvalue weighted by Gasteiger charge is 2.31. The van der Waals surface area contributed by atoms with Gasteiger partial charge < -0.3 is 10.1 Å². The quantitative estimate of drug-likeness (QED) is 0.937. The van der Waals surface area contributed by atoms with Crippen LogP contribution in [-0.2, 0) is 0 Å². The molecular formula is C12H11F3N2OS. The van der Waals surface area contributed by atoms with Gasteiger partial charge in [-0.1, -0.05) is 12.1 Å². The number of thiazole rings is 1. The third-order valence-electron chi connectivity index (χ3n) is 2.43. The van der Waals surface area contributed by atoms with E-state index in [2.05, 4.69) is 15.0 Å². The molecule has 0 saturated carbocycles. The Labute approximate surface area is 112 Å². The van der Waals surface area contributed by atoms with Crippen LogP contribution in [-0.4, -0.2) is 18.4 Å². The lowest BCUT2D eigenvalue weighted by Gasteiger charge is -2.15. The van der Waals surface area contributed by atoms with E-state index in [0.717, 1.165) is 10.6 Å². The first-order valence-corrected chi connectivity index (χ1v) is 6.30. The predicted molar refractivity (Wildman–Crippen MR) is 66.1 cm³/mol. The zero-order chi connectivity index (χ0) is 13.9. The summed E-state index contributed by atoms with van der Waals surface area (Å²) in [6, 6.07) is 5.62. The van der Waals surface area contributed by atoms with Gasteiger partial charge in [-0.2, -0.15) is 0 Å². The van der Waals surface area contributed by atoms with Crippen LogP contribution in [0, 0.1) is 0 Å². The molecule has 0 saturated heterocycles. The first kappa shape index (κ1) is 13.8. The Morgan fingerprint density at radius 1 is 1.26 bits per heavy atom. The molecule has 1 heterocycles. The van der Waals surface area contributed by atoms with E-state index in [4.69, 9.17) is 0 Å². The van der Waals surface area contributed by atoms with Crippen LogP contribution >= 0.6 is 11.3 Å². The van der Waals surface area contributed by atoms with Crippen molar-refractivity contribution in [2.75, 3.05) is 7.05 Å². The number of alkyl halides is 3. The zero-order valence-electron chi connectivity index (χ0n) is 9.94. The van der Waals surface area contributed by atoms with Crippen molar-refractivity contribution in [1.29, 1.82) is 0 Å². The van der Waals surface area contributed by atoms with Crippen molar-refractivity contribution in [2.45, 2.75) is 12.4 Å². The third kappa shape index (κ3) is 3.68. The smallest absolute Gasteiger partial charge is 0.406 e. The Kier molecular flexibility index (Phi) is 4.06. The van der Waals surface area contributed by atoms with E-state index in [-0.39, 0.29) is 11.8 Å². The molecule has 0 aliphatic carbocycles. The second kappa shape index (κ2) is 5.58. The number of ether oxygens (including phenoxy) is 1. The molecule has 3 nitrogen and oxygen atoms in total. The van der Waals surface area contributed by atoms with Crippen molar-refractivity contribution < 1.29 is 17.9 Å². The van der Waals surface area contributed by atoms with Gasteiger partial charge in [0.1, 0.15) is 10.8 Å². The Morgan fingerprint density at radius 3 is 2.42 bits per heavy atom. The van der Waals surface area contributed by atoms with E-state index < -0.39 is 6.36 Å². The molecule has 0 fully saturated rings. The van der Waals surface area contributed by atoms with Crippen LogP contribution < -0.4 is 10.1 Å². The van der Waals surface area contributed by atoms with E-state index in [1.54, 1.807) is 25.4 Å². The van der Waals surface area contributed by atoms with Crippen molar-refractivity contribution in [2.24, 2.45) is 0 Å². The highest BCUT2D eigenvalue weighted by Crippen LogP contribution is 2.27. The number of aromatic nitrogens is 1. The van der Waals surface area contributed by atoms with Gasteiger partial charge in [0, 0.05) is 11.6 Å². The maximum Gasteiger partial charge on any atom is 0.573 e. The lowest BCUT2D eigenvalue weighted by Crippen LogP contribution is -2.18. The summed E-state index contributed by atoms with van der Waals surface area (Å²) in [6.45, 7) is 0. The highest BCUT2D eigenvalue weighted by molar-refractivity contribution is 7.09. The SMILES string of the molecule is CNC(c1ccc(OC(F)(F)F)cc1)c1nccs1. The Hall–Kier alpha value is -1.60. The Bertz CT molecular complexity index is 511. The number of benzene rings is 1. The lowest BCUT2D eigenvalue weighted by molar-refractivity contribution is -0.274. The van der Waals surface area contributed by atoms with Crippen LogP contribution in [0.4, 0.5) is 13.2 Å². The summed E-state index contributed by atoms with van der Waals surface area (Å²) in [5, 5.41) is 5.78. The molecule has 1 aromatic heterocycles. The molecule has 1 aromatic carbocycles. The van der Waals surface area contributed by atoms with Crippen molar-refractivity contribution in [3.63, 3.8) is 0 Å². The zero-order valence-corrected chi connectivity index (χ0v) is 10.8. The van der Waals surface area contributed by atoms with Gasteiger partial charge in [-0.3, -0.25) is 0 Å². The third-order valence-corrected chi connectivity index (χ3v) is 3.27. The summed E-state index contributed by atoms with van der Waals surface area (Å²) in [7, 11) is 1.77. The van der Waals surface area contributed by atoms with Crippen LogP contribution in [0.5, 0.6) is 5.75 Å². The molecule has 2 aromatic rings. The van der Waals surface area contributed by atoms with Gasteiger partial charge in [-0.15, -0.1) is 24.5 Å². The molecule has 1 N–H and O–H groups in total. The lowest BCUT2D eigenvalue weighted by atomic mass is 10.1. The van der Waals surface area contributed by atoms with Crippen molar-refractivity contribution in [3.05, 3.63) is 46.4 Å². The van der Waals surface area contributed by atoms with Crippen molar-refractivity contribution in [3.8, 4) is 5.75 Å². The minimum atomic E-state index is -4.67. The van der Waals surface area contributed by atoms with Gasteiger partial charge in [0.2, 0.25) is 0 Å². The summed E-state index contributed by atoms with van der Waals surface area (Å²) < 4.78 is 40.0. The monoisotopic (exact) mass is 288 g/mol. The topological polar surface area (TPSA) is 34.1 Å². The first-order valence-electron chi connectivity index (χ1n) is 5.42. The molecule has 0 aliphatic rings. The van der Waals surface area contributed by atoms with E-state index in [1.165, 1.54) is 23.5 Å². The van der Waals surface area contributed by atoms with Crippen LogP contribution in [0.3, 0.4) is 0 Å². The maximum atomic E-state index is 12.0. The highest BCUT2D eigenvalue weighted by atomic mass is 32.1. The van der Waals surface area contributed by atoms with Gasteiger partial charge in [-0.25, -0.2) is 4.98 Å². The largest absolute Gasteiger partial charge is 0.573 e. The molecule has 0 aliphatic heterocycles. The fourth-order valence-electron chi connectivity index (χ4n) is 1.67. The molecule has 0 amide bonds. The van der Waals surface area contributed by atoms with Gasteiger partial charge in [0.15, 0.2) is 0 Å². The summed E-state index contributed by atoms with van der Waals surface area (Å²) in [6.07, 6.45) is -2.98. The molecule has 19 heavy (non-hydrogen) atoms. The Balaban J connectivity index is 2.17. The van der Waals surface area contributed by atoms with Crippen LogP contribution in [0.1, 0.15) is 16.6 Å². The molecule has 7 heteroatoms. The number of nitrogens with one attached hydrogen (secondary N) is 1. The number of hydrogen-bond donors (Lipinski definition) is 1. The second-order valence-electron chi connectivity index (χ2n) is 3.71. The summed E-state index contributed by atoms with van der Waals surface area (Å²) in [5.41, 5.74) is 0.826. The molecule has 0 bridgehead atoms. The predicted octanol–water partition coefficient (Wildman–Crippen LogP) is 3.35. The summed E-state index contributed by atoms with van der Waals surface area (Å²) in [5.74, 6) is -0.231. The summed E-state index contributed by atoms with van der Waals surface area (Å²) >= 11 is 1.48. The number of halogens is 3. The summed E-state index contributed by atoms with van der Waals surface area (Å²) in [4.78, 5) is 4.19. The number of hydrogen-bond acceptors (Lipinski definition) is 4. The number of nitrogens with zero attached hydrogens (tertiary/aromatic N) is 1. The van der Waals surface area contributed by atoms with E-state index in [0.29, 0.717) is 0 Å². The molecule has 0 radical (unpaired) electrons. The van der Waals surface area contributed by atoms with Crippen LogP contribution in [0.2, 0.25) is 0 Å². The van der Waals surface area contributed by atoms with E-state index >= 15 is 0 Å². The van der Waals surface area contributed by atoms with Crippen molar-refractivity contribution in [1.82, 2.24) is 10.3 Å². The standard InChI is InChI=1S/C12H11F3N2OS/c1-16-10(11-17-6-7-19-11)8-2-4-9(5-3-8)18-12(13,14)15/h2-7,10,16H,1H3. The first-order chi connectivity index (χ1) is 8.99. The fraction of sp³-hybridized carbons (Fsp3) is 0.250. The minimum absolute atomic E-state index is 0.139. The van der Waals surface area contributed by atoms with Gasteiger partial charge in [0.05, 0.1) is 6.04 Å². The van der Waals surface area contributed by atoms with Gasteiger partial charge >= 0.3 is 6.36 Å². The minimum Gasteiger partial charge on any atom is -0.406 e. The van der Waals surface area contributed by atoms with E-state index in [1.807, 2.05) is 5.38 Å². The average molecular weight is 288 g/mol. The van der Waals surface area contributed by atoms with Gasteiger partial charge in [0.25, 0.3) is 0 Å². The number of rotatable bonds is 4. The second-order valence-corrected chi connectivity index (χ2v) is 4.64. The molecule has 1 unspecified atom stereocenters. The van der Waals surface area contributed by atoms with E-state index in [9.17, 15) is 13.2 Å². The van der Waals surface area contributed by atoms with Crippen LogP contribution in [0.15, 0.2) is 35.8 Å². The van der Waals surface area contributed by atoms with Gasteiger partial charge in [-0.05, 0) is 24.7 Å². The molecule has 2 rings (SSSR count). The Morgan fingerprint density at radius 2 is 1.95 bits per heavy atom. The molecular weight excluding hydrogens is 277 g/mol. The van der Waals surface area contributed by atoms with Crippen LogP contribution in [0.25, 0.3) is 0 Å². The average Bonchev–Trinajstić information content (AvgIpc) is 2.84. The molecule has 1 atom stereocenters.